The Morgan fingerprint density at radius 2 is 1.56 bits per heavy atom. The van der Waals surface area contributed by atoms with Crippen LogP contribution in [-0.2, 0) is 4.79 Å². The van der Waals surface area contributed by atoms with Gasteiger partial charge in [0, 0.05) is 0 Å². The van der Waals surface area contributed by atoms with Gasteiger partial charge in [0.2, 0.25) is 0 Å². The highest BCUT2D eigenvalue weighted by molar-refractivity contribution is 5.76. The Bertz CT molecular complexity index is 446. The van der Waals surface area contributed by atoms with Gasteiger partial charge in [-0.1, -0.05) is 13.8 Å². The van der Waals surface area contributed by atoms with Crippen molar-refractivity contribution in [3.8, 4) is 11.5 Å². The maximum Gasteiger partial charge on any atom is 0.314 e. The Balaban J connectivity index is 3.22. The molecule has 0 heterocycles. The van der Waals surface area contributed by atoms with E-state index in [1.165, 1.54) is 0 Å². The number of hydrogen-bond acceptors (Lipinski definition) is 3. The van der Waals surface area contributed by atoms with E-state index in [9.17, 15) is 9.90 Å². The van der Waals surface area contributed by atoms with Crippen molar-refractivity contribution in [2.45, 2.75) is 48.0 Å². The van der Waals surface area contributed by atoms with Crippen LogP contribution in [-0.4, -0.2) is 11.1 Å². The third-order valence-corrected chi connectivity index (χ3v) is 3.73. The van der Waals surface area contributed by atoms with Crippen LogP contribution >= 0.6 is 0 Å². The molecule has 0 saturated heterocycles. The van der Waals surface area contributed by atoms with Gasteiger partial charge in [-0.2, -0.15) is 0 Å². The molecule has 1 unspecified atom stereocenters. The van der Waals surface area contributed by atoms with Crippen LogP contribution in [0.5, 0.6) is 11.5 Å². The minimum Gasteiger partial charge on any atom is -0.507 e. The summed E-state index contributed by atoms with van der Waals surface area (Å²) < 4.78 is 5.50. The molecule has 1 aromatic rings. The van der Waals surface area contributed by atoms with Crippen molar-refractivity contribution < 1.29 is 14.6 Å². The molecule has 0 aliphatic heterocycles. The molecule has 0 saturated carbocycles. The first kappa shape index (κ1) is 14.6. The summed E-state index contributed by atoms with van der Waals surface area (Å²) in [5.41, 5.74) is 3.19. The molecule has 0 aliphatic rings. The number of aromatic hydroxyl groups is 1. The molecule has 0 fully saturated rings. The van der Waals surface area contributed by atoms with Crippen molar-refractivity contribution in [2.75, 3.05) is 0 Å². The Morgan fingerprint density at radius 1 is 1.11 bits per heavy atom. The van der Waals surface area contributed by atoms with E-state index >= 15 is 0 Å². The molecule has 18 heavy (non-hydrogen) atoms. The number of rotatable bonds is 3. The van der Waals surface area contributed by atoms with Gasteiger partial charge in [0.25, 0.3) is 0 Å². The lowest BCUT2D eigenvalue weighted by atomic mass is 9.98. The summed E-state index contributed by atoms with van der Waals surface area (Å²) in [4.78, 5) is 11.9. The molecule has 0 radical (unpaired) electrons. The number of hydrogen-bond donors (Lipinski definition) is 1. The Labute approximate surface area is 109 Å². The average Bonchev–Trinajstić information content (AvgIpc) is 2.37. The number of benzene rings is 1. The Morgan fingerprint density at radius 3 is 1.94 bits per heavy atom. The van der Waals surface area contributed by atoms with E-state index in [2.05, 4.69) is 0 Å². The normalized spacial score (nSPS) is 12.3. The molecular weight excluding hydrogens is 228 g/mol. The van der Waals surface area contributed by atoms with Crippen LogP contribution in [0.15, 0.2) is 0 Å². The SMILES string of the molecule is CCC(C)C(=O)Oc1c(C)c(C)c(O)c(C)c1C. The molecule has 0 spiro atoms. The van der Waals surface area contributed by atoms with Crippen molar-refractivity contribution >= 4 is 5.97 Å². The summed E-state index contributed by atoms with van der Waals surface area (Å²) in [5.74, 6) is 0.549. The van der Waals surface area contributed by atoms with E-state index in [0.717, 1.165) is 28.7 Å². The maximum atomic E-state index is 11.9. The fraction of sp³-hybridized carbons (Fsp3) is 0.533. The van der Waals surface area contributed by atoms with Gasteiger partial charge in [0.1, 0.15) is 11.5 Å². The number of phenolic OH excluding ortho intramolecular Hbond substituents is 1. The first-order valence-electron chi connectivity index (χ1n) is 6.32. The molecule has 0 aromatic heterocycles. The van der Waals surface area contributed by atoms with Crippen molar-refractivity contribution in [3.63, 3.8) is 0 Å². The molecule has 1 atom stereocenters. The molecule has 0 bridgehead atoms. The van der Waals surface area contributed by atoms with Gasteiger partial charge in [0.15, 0.2) is 0 Å². The number of esters is 1. The lowest BCUT2D eigenvalue weighted by Gasteiger charge is -2.18. The second kappa shape index (κ2) is 5.42. The molecule has 3 heteroatoms. The topological polar surface area (TPSA) is 46.5 Å². The molecular formula is C15H22O3. The fourth-order valence-electron chi connectivity index (χ4n) is 1.78. The fourth-order valence-corrected chi connectivity index (χ4v) is 1.78. The van der Waals surface area contributed by atoms with Crippen LogP contribution in [0.4, 0.5) is 0 Å². The second-order valence-corrected chi connectivity index (χ2v) is 4.91. The summed E-state index contributed by atoms with van der Waals surface area (Å²) in [6, 6.07) is 0. The minimum absolute atomic E-state index is 0.113. The lowest BCUT2D eigenvalue weighted by Crippen LogP contribution is -2.18. The molecule has 1 aromatic carbocycles. The summed E-state index contributed by atoms with van der Waals surface area (Å²) in [5, 5.41) is 9.94. The predicted molar refractivity (Wildman–Crippen MR) is 72.1 cm³/mol. The quantitative estimate of drug-likeness (QED) is 0.659. The predicted octanol–water partition coefficient (Wildman–Crippen LogP) is 3.58. The van der Waals surface area contributed by atoms with Gasteiger partial charge >= 0.3 is 5.97 Å². The van der Waals surface area contributed by atoms with Gasteiger partial charge in [-0.05, 0) is 56.4 Å². The molecule has 0 amide bonds. The Kier molecular flexibility index (Phi) is 4.38. The van der Waals surface area contributed by atoms with Gasteiger partial charge in [0.05, 0.1) is 5.92 Å². The smallest absolute Gasteiger partial charge is 0.314 e. The van der Waals surface area contributed by atoms with E-state index < -0.39 is 0 Å². The van der Waals surface area contributed by atoms with Crippen molar-refractivity contribution in [3.05, 3.63) is 22.3 Å². The van der Waals surface area contributed by atoms with Crippen LogP contribution in [0.3, 0.4) is 0 Å². The largest absolute Gasteiger partial charge is 0.507 e. The van der Waals surface area contributed by atoms with E-state index in [1.54, 1.807) is 0 Å². The molecule has 3 nitrogen and oxygen atoms in total. The Hall–Kier alpha value is -1.51. The third kappa shape index (κ3) is 2.50. The molecule has 1 rings (SSSR count). The van der Waals surface area contributed by atoms with Crippen LogP contribution in [0.2, 0.25) is 0 Å². The van der Waals surface area contributed by atoms with Crippen molar-refractivity contribution in [1.82, 2.24) is 0 Å². The third-order valence-electron chi connectivity index (χ3n) is 3.73. The first-order valence-corrected chi connectivity index (χ1v) is 6.32. The standard InChI is InChI=1S/C15H22O3/c1-7-8(2)15(17)18-14-11(5)9(3)13(16)10(4)12(14)6/h8,16H,7H2,1-6H3. The summed E-state index contributed by atoms with van der Waals surface area (Å²) >= 11 is 0. The molecule has 100 valence electrons. The second-order valence-electron chi connectivity index (χ2n) is 4.91. The van der Waals surface area contributed by atoms with Gasteiger partial charge in [-0.3, -0.25) is 4.79 Å². The number of carbonyl (C=O) groups excluding carboxylic acids is 1. The zero-order valence-electron chi connectivity index (χ0n) is 12.0. The number of phenols is 1. The number of carbonyl (C=O) groups is 1. The van der Waals surface area contributed by atoms with E-state index in [-0.39, 0.29) is 17.6 Å². The van der Waals surface area contributed by atoms with Crippen LogP contribution in [0, 0.1) is 33.6 Å². The number of ether oxygens (including phenoxy) is 1. The van der Waals surface area contributed by atoms with Crippen molar-refractivity contribution in [1.29, 1.82) is 0 Å². The zero-order valence-corrected chi connectivity index (χ0v) is 12.0. The zero-order chi connectivity index (χ0) is 14.0. The summed E-state index contributed by atoms with van der Waals surface area (Å²) in [6.07, 6.45) is 0.757. The highest BCUT2D eigenvalue weighted by Gasteiger charge is 2.20. The first-order chi connectivity index (χ1) is 8.31. The van der Waals surface area contributed by atoms with Gasteiger partial charge in [-0.15, -0.1) is 0 Å². The highest BCUT2D eigenvalue weighted by Crippen LogP contribution is 2.36. The summed E-state index contributed by atoms with van der Waals surface area (Å²) in [7, 11) is 0. The average molecular weight is 250 g/mol. The molecule has 1 N–H and O–H groups in total. The van der Waals surface area contributed by atoms with Crippen LogP contribution < -0.4 is 4.74 Å². The summed E-state index contributed by atoms with van der Waals surface area (Å²) in [6.45, 7) is 11.2. The van der Waals surface area contributed by atoms with E-state index in [4.69, 9.17) is 4.74 Å². The van der Waals surface area contributed by atoms with Crippen LogP contribution in [0.25, 0.3) is 0 Å². The van der Waals surface area contributed by atoms with Crippen LogP contribution in [0.1, 0.15) is 42.5 Å². The van der Waals surface area contributed by atoms with Gasteiger partial charge < -0.3 is 9.84 Å². The van der Waals surface area contributed by atoms with Gasteiger partial charge in [-0.25, -0.2) is 0 Å². The lowest BCUT2D eigenvalue weighted by molar-refractivity contribution is -0.138. The van der Waals surface area contributed by atoms with E-state index in [1.807, 2.05) is 41.5 Å². The molecule has 0 aliphatic carbocycles. The minimum atomic E-state index is -0.215. The van der Waals surface area contributed by atoms with Crippen molar-refractivity contribution in [2.24, 2.45) is 5.92 Å². The highest BCUT2D eigenvalue weighted by atomic mass is 16.5. The maximum absolute atomic E-state index is 11.9. The van der Waals surface area contributed by atoms with E-state index in [0.29, 0.717) is 5.75 Å². The monoisotopic (exact) mass is 250 g/mol.